The molecular weight excluding hydrogens is 455 g/mol. The molecule has 3 N–H and O–H groups in total. The zero-order valence-corrected chi connectivity index (χ0v) is 20.7. The van der Waals surface area contributed by atoms with Crippen LogP contribution in [0.1, 0.15) is 49.9 Å². The van der Waals surface area contributed by atoms with Gasteiger partial charge < -0.3 is 15.5 Å². The average Bonchev–Trinajstić information content (AvgIpc) is 3.24. The highest BCUT2D eigenvalue weighted by Crippen LogP contribution is 2.59. The molecule has 0 saturated heterocycles. The Labute approximate surface area is 202 Å². The van der Waals surface area contributed by atoms with E-state index in [1.165, 1.54) is 11.3 Å². The van der Waals surface area contributed by atoms with Crippen molar-refractivity contribution >= 4 is 28.9 Å². The minimum atomic E-state index is -1.16. The number of carbonyl (C=O) groups is 1. The fourth-order valence-corrected chi connectivity index (χ4v) is 5.96. The van der Waals surface area contributed by atoms with Crippen molar-refractivity contribution in [3.63, 3.8) is 0 Å². The van der Waals surface area contributed by atoms with Crippen LogP contribution in [0, 0.1) is 36.9 Å². The Balaban J connectivity index is 1.57. The summed E-state index contributed by atoms with van der Waals surface area (Å²) in [5.41, 5.74) is 1.51. The van der Waals surface area contributed by atoms with Crippen LogP contribution in [0.2, 0.25) is 0 Å². The van der Waals surface area contributed by atoms with Gasteiger partial charge in [0.15, 0.2) is 5.82 Å². The van der Waals surface area contributed by atoms with Crippen molar-refractivity contribution in [1.82, 2.24) is 15.0 Å². The predicted molar refractivity (Wildman–Crippen MR) is 129 cm³/mol. The zero-order chi connectivity index (χ0) is 24.8. The smallest absolute Gasteiger partial charge is 0.303 e. The highest BCUT2D eigenvalue weighted by molar-refractivity contribution is 7.15. The Bertz CT molecular complexity index is 1240. The van der Waals surface area contributed by atoms with E-state index in [1.807, 2.05) is 39.0 Å². The highest BCUT2D eigenvalue weighted by Gasteiger charge is 2.57. The summed E-state index contributed by atoms with van der Waals surface area (Å²) in [6.07, 6.45) is 3.66. The number of aliphatic carboxylic acids is 1. The average molecular weight is 485 g/mol. The molecule has 9 heteroatoms. The third kappa shape index (κ3) is 4.54. The lowest BCUT2D eigenvalue weighted by atomic mass is 9.49. The summed E-state index contributed by atoms with van der Waals surface area (Å²) in [7, 11) is 0. The fraction of sp³-hybridized carbons (Fsp3) is 0.440. The van der Waals surface area contributed by atoms with Crippen LogP contribution in [0.15, 0.2) is 30.6 Å². The first kappa shape index (κ1) is 24.2. The maximum absolute atomic E-state index is 13.5. The number of carboxylic acid groups (broad SMARTS) is 1. The number of carboxylic acids is 1. The standard InChI is InChI=1S/C25H29FN4O3S/c1-13-6-15(8-17(7-13)30-23-28-11-18(26)14(2)29-23)19-12-27-22(34-19)25(5,33)20-9-16(10-21(31)32)24(20,3)4/h6-8,11-12,16,20,33H,9-10H2,1-5H3,(H,31,32)(H,28,29,30). The Morgan fingerprint density at radius 1 is 1.26 bits per heavy atom. The van der Waals surface area contributed by atoms with Gasteiger partial charge in [0, 0.05) is 18.3 Å². The number of aryl methyl sites for hydroxylation is 2. The topological polar surface area (TPSA) is 108 Å². The molecule has 180 valence electrons. The van der Waals surface area contributed by atoms with Crippen LogP contribution >= 0.6 is 11.3 Å². The number of halogens is 1. The third-order valence-corrected chi connectivity index (χ3v) is 8.32. The summed E-state index contributed by atoms with van der Waals surface area (Å²) in [5.74, 6) is -1.01. The summed E-state index contributed by atoms with van der Waals surface area (Å²) in [6, 6.07) is 5.92. The quantitative estimate of drug-likeness (QED) is 0.409. The van der Waals surface area contributed by atoms with E-state index >= 15 is 0 Å². The molecule has 1 saturated carbocycles. The molecular formula is C25H29FN4O3S. The number of hydrogen-bond acceptors (Lipinski definition) is 7. The van der Waals surface area contributed by atoms with Gasteiger partial charge in [-0.05, 0) is 67.7 Å². The number of aliphatic hydroxyl groups is 1. The second-order valence-corrected chi connectivity index (χ2v) is 11.0. The number of nitrogens with one attached hydrogen (secondary N) is 1. The SMILES string of the molecule is Cc1cc(Nc2ncc(F)c(C)n2)cc(-c2cnc(C(C)(O)C3CC(CC(=O)O)C3(C)C)s2)c1. The molecule has 7 nitrogen and oxygen atoms in total. The molecule has 0 radical (unpaired) electrons. The van der Waals surface area contributed by atoms with E-state index in [0.29, 0.717) is 17.4 Å². The van der Waals surface area contributed by atoms with Gasteiger partial charge in [0.05, 0.1) is 16.8 Å². The lowest BCUT2D eigenvalue weighted by Crippen LogP contribution is -2.54. The lowest BCUT2D eigenvalue weighted by molar-refractivity contribution is -0.166. The largest absolute Gasteiger partial charge is 0.481 e. The van der Waals surface area contributed by atoms with E-state index < -0.39 is 17.4 Å². The summed E-state index contributed by atoms with van der Waals surface area (Å²) in [6.45, 7) is 9.38. The molecule has 2 aromatic heterocycles. The Hall–Kier alpha value is -2.91. The van der Waals surface area contributed by atoms with Gasteiger partial charge in [0.25, 0.3) is 0 Å². The first-order chi connectivity index (χ1) is 15.9. The molecule has 0 aliphatic heterocycles. The van der Waals surface area contributed by atoms with Crippen LogP contribution in [-0.2, 0) is 10.4 Å². The Kier molecular flexibility index (Phi) is 6.20. The molecule has 0 bridgehead atoms. The van der Waals surface area contributed by atoms with E-state index in [4.69, 9.17) is 0 Å². The van der Waals surface area contributed by atoms with Gasteiger partial charge in [0.2, 0.25) is 5.95 Å². The van der Waals surface area contributed by atoms with E-state index in [1.54, 1.807) is 20.0 Å². The molecule has 3 aromatic rings. The maximum atomic E-state index is 13.5. The van der Waals surface area contributed by atoms with Gasteiger partial charge in [-0.25, -0.2) is 19.3 Å². The summed E-state index contributed by atoms with van der Waals surface area (Å²) < 4.78 is 13.5. The van der Waals surface area contributed by atoms with Gasteiger partial charge in [-0.1, -0.05) is 19.9 Å². The van der Waals surface area contributed by atoms with Crippen molar-refractivity contribution in [3.05, 3.63) is 52.7 Å². The van der Waals surface area contributed by atoms with Gasteiger partial charge >= 0.3 is 5.97 Å². The number of rotatable bonds is 7. The summed E-state index contributed by atoms with van der Waals surface area (Å²) >= 11 is 1.43. The van der Waals surface area contributed by atoms with Crippen LogP contribution < -0.4 is 5.32 Å². The van der Waals surface area contributed by atoms with Crippen molar-refractivity contribution in [2.24, 2.45) is 17.3 Å². The van der Waals surface area contributed by atoms with E-state index in [2.05, 4.69) is 20.3 Å². The molecule has 4 rings (SSSR count). The van der Waals surface area contributed by atoms with E-state index in [-0.39, 0.29) is 29.4 Å². The second-order valence-electron chi connectivity index (χ2n) is 9.92. The first-order valence-electron chi connectivity index (χ1n) is 11.2. The minimum Gasteiger partial charge on any atom is -0.481 e. The normalized spacial score (nSPS) is 20.9. The maximum Gasteiger partial charge on any atom is 0.303 e. The lowest BCUT2D eigenvalue weighted by Gasteiger charge is -2.56. The molecule has 1 aliphatic rings. The Morgan fingerprint density at radius 2 is 2.00 bits per heavy atom. The molecule has 1 aliphatic carbocycles. The van der Waals surface area contributed by atoms with Crippen LogP contribution in [0.25, 0.3) is 10.4 Å². The van der Waals surface area contributed by atoms with Crippen molar-refractivity contribution < 1.29 is 19.4 Å². The molecule has 3 atom stereocenters. The third-order valence-electron chi connectivity index (χ3n) is 7.05. The molecule has 1 fully saturated rings. The van der Waals surface area contributed by atoms with Gasteiger partial charge in [-0.15, -0.1) is 11.3 Å². The molecule has 1 aromatic carbocycles. The van der Waals surface area contributed by atoms with Crippen molar-refractivity contribution in [1.29, 1.82) is 0 Å². The number of nitrogens with zero attached hydrogens (tertiary/aromatic N) is 3. The molecule has 3 unspecified atom stereocenters. The van der Waals surface area contributed by atoms with Crippen LogP contribution in [0.5, 0.6) is 0 Å². The number of benzene rings is 1. The second kappa shape index (κ2) is 8.70. The molecule has 0 spiro atoms. The molecule has 0 amide bonds. The van der Waals surface area contributed by atoms with E-state index in [9.17, 15) is 19.4 Å². The zero-order valence-electron chi connectivity index (χ0n) is 19.9. The minimum absolute atomic E-state index is 0.0311. The van der Waals surface area contributed by atoms with Gasteiger partial charge in [0.1, 0.15) is 10.6 Å². The van der Waals surface area contributed by atoms with E-state index in [0.717, 1.165) is 27.9 Å². The predicted octanol–water partition coefficient (Wildman–Crippen LogP) is 5.44. The number of anilines is 2. The monoisotopic (exact) mass is 484 g/mol. The van der Waals surface area contributed by atoms with Crippen molar-refractivity contribution in [3.8, 4) is 10.4 Å². The number of aromatic nitrogens is 3. The van der Waals surface area contributed by atoms with Gasteiger partial charge in [-0.3, -0.25) is 4.79 Å². The summed E-state index contributed by atoms with van der Waals surface area (Å²) in [5, 5.41) is 24.4. The molecule has 2 heterocycles. The number of thiazole rings is 1. The van der Waals surface area contributed by atoms with Crippen molar-refractivity contribution in [2.75, 3.05) is 5.32 Å². The molecule has 34 heavy (non-hydrogen) atoms. The van der Waals surface area contributed by atoms with Crippen molar-refractivity contribution in [2.45, 2.75) is 53.1 Å². The first-order valence-corrected chi connectivity index (χ1v) is 12.0. The fourth-order valence-electron chi connectivity index (χ4n) is 4.96. The van der Waals surface area contributed by atoms with Crippen LogP contribution in [-0.4, -0.2) is 31.1 Å². The summed E-state index contributed by atoms with van der Waals surface area (Å²) in [4.78, 5) is 24.8. The van der Waals surface area contributed by atoms with Crippen LogP contribution in [0.4, 0.5) is 16.0 Å². The Morgan fingerprint density at radius 3 is 2.65 bits per heavy atom. The highest BCUT2D eigenvalue weighted by atomic mass is 32.1. The van der Waals surface area contributed by atoms with Crippen LogP contribution in [0.3, 0.4) is 0 Å². The number of hydrogen-bond donors (Lipinski definition) is 3. The van der Waals surface area contributed by atoms with Gasteiger partial charge in [-0.2, -0.15) is 0 Å².